The molecule has 0 bridgehead atoms. The Labute approximate surface area is 98.4 Å². The van der Waals surface area contributed by atoms with Gasteiger partial charge in [0.15, 0.2) is 0 Å². The average molecular weight is 218 g/mol. The van der Waals surface area contributed by atoms with Crippen molar-refractivity contribution in [1.82, 2.24) is 0 Å². The zero-order valence-corrected chi connectivity index (χ0v) is 10.2. The lowest BCUT2D eigenvalue weighted by molar-refractivity contribution is 0.485. The number of rotatable bonds is 3. The van der Waals surface area contributed by atoms with Gasteiger partial charge in [0.1, 0.15) is 0 Å². The molecule has 2 nitrogen and oxygen atoms in total. The lowest BCUT2D eigenvalue weighted by Crippen LogP contribution is -2.37. The molecule has 88 valence electrons. The molecule has 0 amide bonds. The third-order valence-electron chi connectivity index (χ3n) is 3.50. The minimum absolute atomic E-state index is 0.689. The van der Waals surface area contributed by atoms with E-state index in [0.717, 1.165) is 13.0 Å². The second kappa shape index (κ2) is 5.35. The molecule has 0 saturated carbocycles. The van der Waals surface area contributed by atoms with Gasteiger partial charge in [-0.1, -0.05) is 12.1 Å². The van der Waals surface area contributed by atoms with Gasteiger partial charge in [-0.05, 0) is 56.8 Å². The van der Waals surface area contributed by atoms with Crippen LogP contribution in [0.4, 0.5) is 5.69 Å². The van der Waals surface area contributed by atoms with E-state index in [9.17, 15) is 0 Å². The Morgan fingerprint density at radius 3 is 2.62 bits per heavy atom. The highest BCUT2D eigenvalue weighted by Gasteiger charge is 2.17. The van der Waals surface area contributed by atoms with Crippen molar-refractivity contribution in [1.29, 1.82) is 0 Å². The van der Waals surface area contributed by atoms with Crippen molar-refractivity contribution < 1.29 is 0 Å². The van der Waals surface area contributed by atoms with Gasteiger partial charge in [-0.25, -0.2) is 0 Å². The summed E-state index contributed by atoms with van der Waals surface area (Å²) in [4.78, 5) is 2.52. The molecule has 0 spiro atoms. The second-order valence-electron chi connectivity index (χ2n) is 4.74. The summed E-state index contributed by atoms with van der Waals surface area (Å²) in [5.74, 6) is 0. The highest BCUT2D eigenvalue weighted by atomic mass is 15.2. The van der Waals surface area contributed by atoms with Gasteiger partial charge >= 0.3 is 0 Å². The smallest absolute Gasteiger partial charge is 0.0368 e. The van der Waals surface area contributed by atoms with E-state index >= 15 is 0 Å². The van der Waals surface area contributed by atoms with Gasteiger partial charge in [-0.2, -0.15) is 0 Å². The van der Waals surface area contributed by atoms with Crippen molar-refractivity contribution in [3.8, 4) is 0 Å². The van der Waals surface area contributed by atoms with Crippen LogP contribution >= 0.6 is 0 Å². The minimum atomic E-state index is 0.689. The van der Waals surface area contributed by atoms with E-state index in [2.05, 4.69) is 36.1 Å². The van der Waals surface area contributed by atoms with Crippen molar-refractivity contribution in [2.75, 3.05) is 18.0 Å². The molecule has 1 fully saturated rings. The maximum Gasteiger partial charge on any atom is 0.0368 e. The maximum atomic E-state index is 5.55. The molecule has 1 aromatic carbocycles. The number of piperidine rings is 1. The molecule has 1 atom stereocenters. The Balaban J connectivity index is 2.08. The van der Waals surface area contributed by atoms with Crippen molar-refractivity contribution in [3.63, 3.8) is 0 Å². The van der Waals surface area contributed by atoms with Crippen molar-refractivity contribution in [2.45, 2.75) is 38.6 Å². The lowest BCUT2D eigenvalue weighted by atomic mass is 10.0. The van der Waals surface area contributed by atoms with Gasteiger partial charge in [0.05, 0.1) is 0 Å². The Kier molecular flexibility index (Phi) is 3.83. The Hall–Kier alpha value is -1.02. The van der Waals surface area contributed by atoms with Gasteiger partial charge in [0.2, 0.25) is 0 Å². The SMILES string of the molecule is CC1CCCCN1c1ccc(CCN)cc1. The fourth-order valence-electron chi connectivity index (χ4n) is 2.50. The second-order valence-corrected chi connectivity index (χ2v) is 4.74. The molecule has 1 aliphatic heterocycles. The van der Waals surface area contributed by atoms with Crippen LogP contribution in [0.5, 0.6) is 0 Å². The van der Waals surface area contributed by atoms with Crippen LogP contribution in [0.25, 0.3) is 0 Å². The first-order valence-corrected chi connectivity index (χ1v) is 6.37. The summed E-state index contributed by atoms with van der Waals surface area (Å²) in [6, 6.07) is 9.60. The van der Waals surface area contributed by atoms with Crippen LogP contribution in [0.2, 0.25) is 0 Å². The monoisotopic (exact) mass is 218 g/mol. The first kappa shape index (κ1) is 11.5. The van der Waals surface area contributed by atoms with Crippen LogP contribution < -0.4 is 10.6 Å². The summed E-state index contributed by atoms with van der Waals surface area (Å²) in [5, 5.41) is 0. The molecule has 2 heteroatoms. The summed E-state index contributed by atoms with van der Waals surface area (Å²) in [6.07, 6.45) is 5.01. The van der Waals surface area contributed by atoms with Crippen LogP contribution in [0.15, 0.2) is 24.3 Å². The number of hydrogen-bond donors (Lipinski definition) is 1. The third-order valence-corrected chi connectivity index (χ3v) is 3.50. The van der Waals surface area contributed by atoms with E-state index in [1.165, 1.54) is 37.1 Å². The summed E-state index contributed by atoms with van der Waals surface area (Å²) in [5.41, 5.74) is 8.26. The first-order chi connectivity index (χ1) is 7.81. The largest absolute Gasteiger partial charge is 0.369 e. The van der Waals surface area contributed by atoms with Crippen LogP contribution in [0, 0.1) is 0 Å². The fourth-order valence-corrected chi connectivity index (χ4v) is 2.50. The standard InChI is InChI=1S/C14H22N2/c1-12-4-2-3-11-16(12)14-7-5-13(6-8-14)9-10-15/h5-8,12H,2-4,9-11,15H2,1H3. The summed E-state index contributed by atoms with van der Waals surface area (Å²) in [6.45, 7) is 4.27. The lowest BCUT2D eigenvalue weighted by Gasteiger charge is -2.35. The normalized spacial score (nSPS) is 21.1. The van der Waals surface area contributed by atoms with E-state index in [4.69, 9.17) is 5.73 Å². The molecule has 2 N–H and O–H groups in total. The molecule has 0 aliphatic carbocycles. The zero-order chi connectivity index (χ0) is 11.4. The van der Waals surface area contributed by atoms with Gasteiger partial charge in [-0.3, -0.25) is 0 Å². The Bertz CT molecular complexity index is 318. The molecule has 1 saturated heterocycles. The molecule has 2 rings (SSSR count). The minimum Gasteiger partial charge on any atom is -0.369 e. The van der Waals surface area contributed by atoms with Crippen molar-refractivity contribution >= 4 is 5.69 Å². The Morgan fingerprint density at radius 1 is 1.25 bits per heavy atom. The predicted molar refractivity (Wildman–Crippen MR) is 69.9 cm³/mol. The summed E-state index contributed by atoms with van der Waals surface area (Å²) < 4.78 is 0. The van der Waals surface area contributed by atoms with E-state index < -0.39 is 0 Å². The van der Waals surface area contributed by atoms with Crippen LogP contribution in [-0.2, 0) is 6.42 Å². The number of nitrogens with zero attached hydrogens (tertiary/aromatic N) is 1. The zero-order valence-electron chi connectivity index (χ0n) is 10.2. The molecule has 0 aromatic heterocycles. The Morgan fingerprint density at radius 2 is 2.00 bits per heavy atom. The van der Waals surface area contributed by atoms with E-state index in [0.29, 0.717) is 6.04 Å². The van der Waals surface area contributed by atoms with Crippen molar-refractivity contribution in [2.24, 2.45) is 5.73 Å². The topological polar surface area (TPSA) is 29.3 Å². The van der Waals surface area contributed by atoms with Crippen molar-refractivity contribution in [3.05, 3.63) is 29.8 Å². The van der Waals surface area contributed by atoms with E-state index in [1.54, 1.807) is 0 Å². The van der Waals surface area contributed by atoms with Crippen LogP contribution in [0.1, 0.15) is 31.7 Å². The number of anilines is 1. The van der Waals surface area contributed by atoms with Gasteiger partial charge < -0.3 is 10.6 Å². The van der Waals surface area contributed by atoms with Gasteiger partial charge in [0.25, 0.3) is 0 Å². The van der Waals surface area contributed by atoms with E-state index in [-0.39, 0.29) is 0 Å². The molecule has 1 heterocycles. The van der Waals surface area contributed by atoms with Gasteiger partial charge in [-0.15, -0.1) is 0 Å². The number of hydrogen-bond acceptors (Lipinski definition) is 2. The van der Waals surface area contributed by atoms with Gasteiger partial charge in [0, 0.05) is 18.3 Å². The molecule has 1 aromatic rings. The highest BCUT2D eigenvalue weighted by Crippen LogP contribution is 2.24. The maximum absolute atomic E-state index is 5.55. The van der Waals surface area contributed by atoms with E-state index in [1.807, 2.05) is 0 Å². The molecular weight excluding hydrogens is 196 g/mol. The molecule has 16 heavy (non-hydrogen) atoms. The molecular formula is C14H22N2. The average Bonchev–Trinajstić information content (AvgIpc) is 2.31. The highest BCUT2D eigenvalue weighted by molar-refractivity contribution is 5.48. The van der Waals surface area contributed by atoms with Crippen LogP contribution in [-0.4, -0.2) is 19.1 Å². The third kappa shape index (κ3) is 2.56. The number of benzene rings is 1. The summed E-state index contributed by atoms with van der Waals surface area (Å²) in [7, 11) is 0. The first-order valence-electron chi connectivity index (χ1n) is 6.37. The van der Waals surface area contributed by atoms with Crippen LogP contribution in [0.3, 0.4) is 0 Å². The molecule has 0 radical (unpaired) electrons. The predicted octanol–water partition coefficient (Wildman–Crippen LogP) is 2.57. The fraction of sp³-hybridized carbons (Fsp3) is 0.571. The molecule has 1 unspecified atom stereocenters. The summed E-state index contributed by atoms with van der Waals surface area (Å²) >= 11 is 0. The molecule has 1 aliphatic rings. The quantitative estimate of drug-likeness (QED) is 0.845. The number of nitrogens with two attached hydrogens (primary N) is 1.